The first-order valence-electron chi connectivity index (χ1n) is 7.04. The van der Waals surface area contributed by atoms with E-state index in [9.17, 15) is 9.59 Å². The summed E-state index contributed by atoms with van der Waals surface area (Å²) in [5.41, 5.74) is 3.78. The normalized spacial score (nSPS) is 20.4. The molecule has 0 aromatic heterocycles. The topological polar surface area (TPSA) is 67.4 Å². The standard InChI is InChI=1S/C15H18N2O3/c18-14-13(8-16-14)17-15(19)20-9-10-5-6-11-3-1-2-4-12(11)7-10/h5-7,13H,1-4,8-9H2,(H,16,18)(H,17,19)/t13-/m0/s1. The average molecular weight is 274 g/mol. The molecule has 1 aliphatic heterocycles. The maximum absolute atomic E-state index is 11.5. The van der Waals surface area contributed by atoms with Gasteiger partial charge in [0.2, 0.25) is 5.91 Å². The summed E-state index contributed by atoms with van der Waals surface area (Å²) in [6, 6.07) is 5.82. The monoisotopic (exact) mass is 274 g/mol. The number of amides is 2. The summed E-state index contributed by atoms with van der Waals surface area (Å²) in [7, 11) is 0. The zero-order valence-electron chi connectivity index (χ0n) is 11.3. The van der Waals surface area contributed by atoms with Gasteiger partial charge in [0, 0.05) is 6.54 Å². The van der Waals surface area contributed by atoms with E-state index in [4.69, 9.17) is 4.74 Å². The molecule has 1 aromatic carbocycles. The molecule has 2 aliphatic rings. The lowest BCUT2D eigenvalue weighted by Crippen LogP contribution is -2.61. The van der Waals surface area contributed by atoms with Gasteiger partial charge in [-0.15, -0.1) is 0 Å². The zero-order valence-corrected chi connectivity index (χ0v) is 11.3. The van der Waals surface area contributed by atoms with Gasteiger partial charge in [0.15, 0.2) is 0 Å². The van der Waals surface area contributed by atoms with Crippen molar-refractivity contribution in [2.24, 2.45) is 0 Å². The van der Waals surface area contributed by atoms with E-state index in [0.717, 1.165) is 18.4 Å². The third-order valence-corrected chi connectivity index (χ3v) is 3.87. The number of hydrogen-bond acceptors (Lipinski definition) is 3. The zero-order chi connectivity index (χ0) is 13.9. The number of hydrogen-bond donors (Lipinski definition) is 2. The lowest BCUT2D eigenvalue weighted by Gasteiger charge is -2.26. The van der Waals surface area contributed by atoms with Gasteiger partial charge in [-0.25, -0.2) is 4.79 Å². The van der Waals surface area contributed by atoms with Crippen LogP contribution in [-0.4, -0.2) is 24.6 Å². The second-order valence-corrected chi connectivity index (χ2v) is 5.33. The van der Waals surface area contributed by atoms with E-state index in [1.54, 1.807) is 0 Å². The van der Waals surface area contributed by atoms with Crippen LogP contribution in [0, 0.1) is 0 Å². The van der Waals surface area contributed by atoms with E-state index in [1.165, 1.54) is 24.0 Å². The second kappa shape index (κ2) is 5.53. The largest absolute Gasteiger partial charge is 0.445 e. The fraction of sp³-hybridized carbons (Fsp3) is 0.467. The predicted octanol–water partition coefficient (Wildman–Crippen LogP) is 1.29. The maximum atomic E-state index is 11.5. The number of alkyl carbamates (subject to hydrolysis) is 1. The molecule has 3 rings (SSSR count). The van der Waals surface area contributed by atoms with Gasteiger partial charge in [0.05, 0.1) is 0 Å². The molecule has 0 spiro atoms. The number of rotatable bonds is 3. The second-order valence-electron chi connectivity index (χ2n) is 5.33. The molecule has 5 nitrogen and oxygen atoms in total. The lowest BCUT2D eigenvalue weighted by atomic mass is 9.90. The average Bonchev–Trinajstić information content (AvgIpc) is 2.49. The first-order valence-corrected chi connectivity index (χ1v) is 7.04. The van der Waals surface area contributed by atoms with Crippen molar-refractivity contribution in [3.63, 3.8) is 0 Å². The molecule has 1 aromatic rings. The van der Waals surface area contributed by atoms with Crippen LogP contribution in [0.2, 0.25) is 0 Å². The fourth-order valence-corrected chi connectivity index (χ4v) is 2.61. The summed E-state index contributed by atoms with van der Waals surface area (Å²) in [5, 5.41) is 5.09. The molecule has 1 heterocycles. The quantitative estimate of drug-likeness (QED) is 0.816. The van der Waals surface area contributed by atoms with Gasteiger partial charge in [0.25, 0.3) is 0 Å². The Kier molecular flexibility index (Phi) is 3.58. The van der Waals surface area contributed by atoms with Gasteiger partial charge in [-0.2, -0.15) is 0 Å². The fourth-order valence-electron chi connectivity index (χ4n) is 2.61. The highest BCUT2D eigenvalue weighted by Gasteiger charge is 2.29. The van der Waals surface area contributed by atoms with Gasteiger partial charge >= 0.3 is 6.09 Å². The van der Waals surface area contributed by atoms with Crippen molar-refractivity contribution in [1.82, 2.24) is 10.6 Å². The van der Waals surface area contributed by atoms with E-state index in [0.29, 0.717) is 6.54 Å². The van der Waals surface area contributed by atoms with Crippen molar-refractivity contribution in [2.75, 3.05) is 6.54 Å². The Morgan fingerprint density at radius 3 is 2.80 bits per heavy atom. The van der Waals surface area contributed by atoms with Crippen molar-refractivity contribution in [2.45, 2.75) is 38.3 Å². The van der Waals surface area contributed by atoms with Crippen molar-refractivity contribution < 1.29 is 14.3 Å². The van der Waals surface area contributed by atoms with E-state index in [-0.39, 0.29) is 12.5 Å². The van der Waals surface area contributed by atoms with Crippen LogP contribution in [0.1, 0.15) is 29.5 Å². The van der Waals surface area contributed by atoms with Gasteiger partial charge in [-0.05, 0) is 42.4 Å². The van der Waals surface area contributed by atoms with Gasteiger partial charge in [-0.1, -0.05) is 18.2 Å². The van der Waals surface area contributed by atoms with Gasteiger partial charge in [0.1, 0.15) is 12.6 Å². The molecule has 1 aliphatic carbocycles. The Morgan fingerprint density at radius 2 is 2.10 bits per heavy atom. The molecular weight excluding hydrogens is 256 g/mol. The molecule has 2 amide bonds. The minimum atomic E-state index is -0.539. The molecule has 1 atom stereocenters. The van der Waals surface area contributed by atoms with Crippen LogP contribution in [0.15, 0.2) is 18.2 Å². The summed E-state index contributed by atoms with van der Waals surface area (Å²) in [6.45, 7) is 0.722. The van der Waals surface area contributed by atoms with E-state index >= 15 is 0 Å². The van der Waals surface area contributed by atoms with Crippen LogP contribution in [0.4, 0.5) is 4.79 Å². The van der Waals surface area contributed by atoms with Gasteiger partial charge in [-0.3, -0.25) is 4.79 Å². The summed E-state index contributed by atoms with van der Waals surface area (Å²) >= 11 is 0. The minimum absolute atomic E-state index is 0.157. The first kappa shape index (κ1) is 13.0. The van der Waals surface area contributed by atoms with Gasteiger partial charge < -0.3 is 15.4 Å². The third kappa shape index (κ3) is 2.76. The Bertz CT molecular complexity index is 542. The maximum Gasteiger partial charge on any atom is 0.408 e. The molecule has 0 bridgehead atoms. The number of β-lactam (4-membered cyclic amide) rings is 1. The number of ether oxygens (including phenoxy) is 1. The van der Waals surface area contributed by atoms with Crippen LogP contribution in [0.3, 0.4) is 0 Å². The Labute approximate surface area is 117 Å². The molecular formula is C15H18N2O3. The SMILES string of the molecule is O=C(N[C@H]1CNC1=O)OCc1ccc2c(c1)CCCC2. The molecule has 0 radical (unpaired) electrons. The molecule has 20 heavy (non-hydrogen) atoms. The highest BCUT2D eigenvalue weighted by molar-refractivity contribution is 5.90. The van der Waals surface area contributed by atoms with E-state index < -0.39 is 12.1 Å². The smallest absolute Gasteiger partial charge is 0.408 e. The highest BCUT2D eigenvalue weighted by atomic mass is 16.5. The van der Waals surface area contributed by atoms with Crippen LogP contribution >= 0.6 is 0 Å². The summed E-state index contributed by atoms with van der Waals surface area (Å²) in [4.78, 5) is 22.6. The highest BCUT2D eigenvalue weighted by Crippen LogP contribution is 2.22. The molecule has 106 valence electrons. The van der Waals surface area contributed by atoms with Crippen LogP contribution in [0.5, 0.6) is 0 Å². The number of carbonyl (C=O) groups excluding carboxylic acids is 2. The summed E-state index contributed by atoms with van der Waals surface area (Å²) in [6.07, 6.45) is 4.21. The van der Waals surface area contributed by atoms with Crippen molar-refractivity contribution in [3.8, 4) is 0 Å². The van der Waals surface area contributed by atoms with Crippen molar-refractivity contribution in [1.29, 1.82) is 0 Å². The Morgan fingerprint density at radius 1 is 1.30 bits per heavy atom. The molecule has 2 N–H and O–H groups in total. The molecule has 1 saturated heterocycles. The lowest BCUT2D eigenvalue weighted by molar-refractivity contribution is -0.128. The van der Waals surface area contributed by atoms with E-state index in [1.807, 2.05) is 6.07 Å². The molecule has 1 fully saturated rings. The van der Waals surface area contributed by atoms with Crippen LogP contribution in [-0.2, 0) is 29.0 Å². The van der Waals surface area contributed by atoms with Crippen LogP contribution < -0.4 is 10.6 Å². The molecule has 5 heteroatoms. The number of fused-ring (bicyclic) bond motifs is 1. The van der Waals surface area contributed by atoms with Crippen molar-refractivity contribution in [3.05, 3.63) is 34.9 Å². The molecule has 0 saturated carbocycles. The Balaban J connectivity index is 1.52. The Hall–Kier alpha value is -2.04. The van der Waals surface area contributed by atoms with Crippen molar-refractivity contribution >= 4 is 12.0 Å². The predicted molar refractivity (Wildman–Crippen MR) is 73.2 cm³/mol. The number of benzene rings is 1. The third-order valence-electron chi connectivity index (χ3n) is 3.87. The number of nitrogens with one attached hydrogen (secondary N) is 2. The van der Waals surface area contributed by atoms with E-state index in [2.05, 4.69) is 22.8 Å². The first-order chi connectivity index (χ1) is 9.72. The molecule has 0 unspecified atom stereocenters. The summed E-state index contributed by atoms with van der Waals surface area (Å²) in [5.74, 6) is -0.157. The number of aryl methyl sites for hydroxylation is 2. The summed E-state index contributed by atoms with van der Waals surface area (Å²) < 4.78 is 5.14. The minimum Gasteiger partial charge on any atom is -0.445 e. The number of carbonyl (C=O) groups is 2. The van der Waals surface area contributed by atoms with Crippen LogP contribution in [0.25, 0.3) is 0 Å².